The van der Waals surface area contributed by atoms with Crippen LogP contribution in [-0.4, -0.2) is 11.9 Å². The van der Waals surface area contributed by atoms with Crippen molar-refractivity contribution in [1.29, 1.82) is 0 Å². The van der Waals surface area contributed by atoms with Crippen LogP contribution in [0.2, 0.25) is 0 Å². The summed E-state index contributed by atoms with van der Waals surface area (Å²) in [5, 5.41) is 2.96. The molecule has 34 heavy (non-hydrogen) atoms. The monoisotopic (exact) mass is 474 g/mol. The second kappa shape index (κ2) is 20.3. The predicted octanol–water partition coefficient (Wildman–Crippen LogP) is 8.31. The normalized spacial score (nSPS) is 10.9. The Balaban J connectivity index is 2.18. The van der Waals surface area contributed by atoms with Gasteiger partial charge in [0.15, 0.2) is 0 Å². The topological polar surface area (TPSA) is 81.4 Å². The number of ether oxygens (including phenoxy) is 1. The minimum absolute atomic E-state index is 0.0100. The van der Waals surface area contributed by atoms with Gasteiger partial charge in [-0.2, -0.15) is 0 Å². The first-order valence-electron chi connectivity index (χ1n) is 13.9. The molecule has 0 atom stereocenters. The summed E-state index contributed by atoms with van der Waals surface area (Å²) in [5.74, 6) is -0.231. The van der Waals surface area contributed by atoms with Crippen molar-refractivity contribution in [1.82, 2.24) is 0 Å². The van der Waals surface area contributed by atoms with Crippen LogP contribution < -0.4 is 11.1 Å². The third kappa shape index (κ3) is 15.0. The van der Waals surface area contributed by atoms with E-state index in [1.165, 1.54) is 70.6 Å². The zero-order chi connectivity index (χ0) is 24.9. The molecule has 0 spiro atoms. The standard InChI is InChI=1S/C29H50N2O3/c1-3-5-7-8-9-10-11-12-13-14-15-16-18-22-28(32)31-27-21-19-20-26(30)25(27)24-34-29(33)23-17-6-4-2/h19-21H,3-18,22-24,30H2,1-2H3,(H,31,32). The maximum absolute atomic E-state index is 12.4. The summed E-state index contributed by atoms with van der Waals surface area (Å²) in [6, 6.07) is 5.39. The second-order valence-electron chi connectivity index (χ2n) is 9.53. The number of anilines is 2. The molecule has 0 fully saturated rings. The summed E-state index contributed by atoms with van der Waals surface area (Å²) in [5.41, 5.74) is 7.93. The SMILES string of the molecule is CCCCCCCCCCCCCCCC(=O)Nc1cccc(N)c1COC(=O)CCCCC. The Morgan fingerprint density at radius 1 is 0.735 bits per heavy atom. The highest BCUT2D eigenvalue weighted by Gasteiger charge is 2.12. The van der Waals surface area contributed by atoms with Crippen molar-refractivity contribution >= 4 is 23.3 Å². The van der Waals surface area contributed by atoms with Crippen LogP contribution in [0.4, 0.5) is 11.4 Å². The van der Waals surface area contributed by atoms with E-state index in [-0.39, 0.29) is 18.5 Å². The molecule has 0 unspecified atom stereocenters. The van der Waals surface area contributed by atoms with Crippen molar-refractivity contribution in [3.63, 3.8) is 0 Å². The molecule has 0 heterocycles. The molecule has 0 saturated heterocycles. The van der Waals surface area contributed by atoms with Crippen molar-refractivity contribution in [2.45, 2.75) is 136 Å². The van der Waals surface area contributed by atoms with Gasteiger partial charge in [-0.05, 0) is 25.0 Å². The van der Waals surface area contributed by atoms with Crippen LogP contribution in [0, 0.1) is 0 Å². The maximum atomic E-state index is 12.4. The third-order valence-electron chi connectivity index (χ3n) is 6.36. The number of nitrogen functional groups attached to an aromatic ring is 1. The smallest absolute Gasteiger partial charge is 0.306 e. The van der Waals surface area contributed by atoms with Gasteiger partial charge in [0.25, 0.3) is 0 Å². The lowest BCUT2D eigenvalue weighted by Crippen LogP contribution is -2.14. The van der Waals surface area contributed by atoms with Crippen LogP contribution >= 0.6 is 0 Å². The van der Waals surface area contributed by atoms with Gasteiger partial charge in [0.2, 0.25) is 5.91 Å². The zero-order valence-electron chi connectivity index (χ0n) is 22.0. The van der Waals surface area contributed by atoms with E-state index in [4.69, 9.17) is 10.5 Å². The van der Waals surface area contributed by atoms with Crippen molar-refractivity contribution < 1.29 is 14.3 Å². The predicted molar refractivity (Wildman–Crippen MR) is 144 cm³/mol. The van der Waals surface area contributed by atoms with E-state index < -0.39 is 0 Å². The number of hydrogen-bond acceptors (Lipinski definition) is 4. The molecule has 1 aromatic carbocycles. The summed E-state index contributed by atoms with van der Waals surface area (Å²) < 4.78 is 5.39. The van der Waals surface area contributed by atoms with Gasteiger partial charge in [-0.1, -0.05) is 110 Å². The number of rotatable bonds is 21. The molecule has 3 N–H and O–H groups in total. The number of hydrogen-bond donors (Lipinski definition) is 2. The Kier molecular flexibility index (Phi) is 17.9. The fraction of sp³-hybridized carbons (Fsp3) is 0.724. The molecule has 0 aliphatic carbocycles. The quantitative estimate of drug-likeness (QED) is 0.107. The molecule has 1 aromatic rings. The lowest BCUT2D eigenvalue weighted by Gasteiger charge is -2.14. The number of carbonyl (C=O) groups is 2. The molecule has 1 rings (SSSR count). The Morgan fingerprint density at radius 3 is 1.82 bits per heavy atom. The first-order valence-corrected chi connectivity index (χ1v) is 13.9. The van der Waals surface area contributed by atoms with E-state index in [1.807, 2.05) is 12.1 Å². The van der Waals surface area contributed by atoms with Gasteiger partial charge in [-0.15, -0.1) is 0 Å². The van der Waals surface area contributed by atoms with Crippen LogP contribution in [0.15, 0.2) is 18.2 Å². The van der Waals surface area contributed by atoms with E-state index in [2.05, 4.69) is 19.2 Å². The van der Waals surface area contributed by atoms with Crippen LogP contribution in [0.5, 0.6) is 0 Å². The van der Waals surface area contributed by atoms with Crippen LogP contribution in [0.1, 0.15) is 135 Å². The highest BCUT2D eigenvalue weighted by atomic mass is 16.5. The molecule has 0 aliphatic rings. The number of nitrogens with one attached hydrogen (secondary N) is 1. The maximum Gasteiger partial charge on any atom is 0.306 e. The molecule has 5 nitrogen and oxygen atoms in total. The van der Waals surface area contributed by atoms with Gasteiger partial charge in [-0.3, -0.25) is 9.59 Å². The first kappa shape index (κ1) is 30.0. The van der Waals surface area contributed by atoms with E-state index in [9.17, 15) is 9.59 Å². The Morgan fingerprint density at radius 2 is 1.24 bits per heavy atom. The second-order valence-corrected chi connectivity index (χ2v) is 9.53. The van der Waals surface area contributed by atoms with Gasteiger partial charge >= 0.3 is 5.97 Å². The van der Waals surface area contributed by atoms with Crippen molar-refractivity contribution in [2.24, 2.45) is 0 Å². The van der Waals surface area contributed by atoms with Crippen molar-refractivity contribution in [3.8, 4) is 0 Å². The number of unbranched alkanes of at least 4 members (excludes halogenated alkanes) is 14. The fourth-order valence-corrected chi connectivity index (χ4v) is 4.14. The molecule has 1 amide bonds. The summed E-state index contributed by atoms with van der Waals surface area (Å²) in [7, 11) is 0. The number of esters is 1. The van der Waals surface area contributed by atoms with Crippen LogP contribution in [0.25, 0.3) is 0 Å². The summed E-state index contributed by atoms with van der Waals surface area (Å²) >= 11 is 0. The Bertz CT molecular complexity index is 675. The van der Waals surface area contributed by atoms with Crippen molar-refractivity contribution in [3.05, 3.63) is 23.8 Å². The van der Waals surface area contributed by atoms with Crippen molar-refractivity contribution in [2.75, 3.05) is 11.1 Å². The lowest BCUT2D eigenvalue weighted by molar-refractivity contribution is -0.145. The Labute approximate surface area is 208 Å². The highest BCUT2D eigenvalue weighted by molar-refractivity contribution is 5.92. The molecule has 0 aromatic heterocycles. The minimum atomic E-state index is -0.221. The number of amides is 1. The molecule has 0 saturated carbocycles. The van der Waals surface area contributed by atoms with Gasteiger partial charge in [0, 0.05) is 29.8 Å². The average molecular weight is 475 g/mol. The lowest BCUT2D eigenvalue weighted by atomic mass is 10.0. The van der Waals surface area contributed by atoms with Crippen LogP contribution in [0.3, 0.4) is 0 Å². The Hall–Kier alpha value is -2.04. The molecule has 5 heteroatoms. The minimum Gasteiger partial charge on any atom is -0.461 e. The molecule has 194 valence electrons. The summed E-state index contributed by atoms with van der Waals surface area (Å²) in [4.78, 5) is 24.4. The fourth-order valence-electron chi connectivity index (χ4n) is 4.14. The number of benzene rings is 1. The van der Waals surface area contributed by atoms with Gasteiger partial charge in [0.1, 0.15) is 6.61 Å². The molecular weight excluding hydrogens is 424 g/mol. The molecule has 0 radical (unpaired) electrons. The zero-order valence-corrected chi connectivity index (χ0v) is 22.0. The van der Waals surface area contributed by atoms with E-state index in [0.717, 1.165) is 32.1 Å². The van der Waals surface area contributed by atoms with E-state index >= 15 is 0 Å². The molecule has 0 aliphatic heterocycles. The average Bonchev–Trinajstić information content (AvgIpc) is 2.82. The van der Waals surface area contributed by atoms with E-state index in [0.29, 0.717) is 29.8 Å². The molecule has 0 bridgehead atoms. The number of carbonyl (C=O) groups excluding carboxylic acids is 2. The van der Waals surface area contributed by atoms with Gasteiger partial charge in [-0.25, -0.2) is 0 Å². The largest absolute Gasteiger partial charge is 0.461 e. The van der Waals surface area contributed by atoms with E-state index in [1.54, 1.807) is 6.07 Å². The summed E-state index contributed by atoms with van der Waals surface area (Å²) in [6.45, 7) is 4.45. The number of nitrogens with two attached hydrogens (primary N) is 1. The highest BCUT2D eigenvalue weighted by Crippen LogP contribution is 2.24. The third-order valence-corrected chi connectivity index (χ3v) is 6.36. The van der Waals surface area contributed by atoms with Gasteiger partial charge in [0.05, 0.1) is 0 Å². The summed E-state index contributed by atoms with van der Waals surface area (Å²) in [6.07, 6.45) is 20.6. The molecular formula is C29H50N2O3. The van der Waals surface area contributed by atoms with Crippen LogP contribution in [-0.2, 0) is 20.9 Å². The van der Waals surface area contributed by atoms with Gasteiger partial charge < -0.3 is 15.8 Å². The first-order chi connectivity index (χ1) is 16.6.